The molecule has 0 aromatic rings. The molecule has 0 rings (SSSR count). The lowest BCUT2D eigenvalue weighted by atomic mass is 10.3. The number of rotatable bonds is 3. The number of urea groups is 1. The Morgan fingerprint density at radius 1 is 1.46 bits per heavy atom. The second-order valence-electron chi connectivity index (χ2n) is 3.35. The largest absolute Gasteiger partial charge is 0.386 e. The molecule has 0 fully saturated rings. The molecule has 1 atom stereocenters. The average molecular weight is 186 g/mol. The molecule has 0 radical (unpaired) electrons. The summed E-state index contributed by atoms with van der Waals surface area (Å²) >= 11 is 0. The zero-order chi connectivity index (χ0) is 10.6. The van der Waals surface area contributed by atoms with Crippen LogP contribution in [-0.4, -0.2) is 35.9 Å². The Morgan fingerprint density at radius 3 is 2.23 bits per heavy atom. The van der Waals surface area contributed by atoms with E-state index in [1.807, 2.05) is 13.8 Å². The molecule has 0 aliphatic rings. The molecule has 0 saturated carbocycles. The van der Waals surface area contributed by atoms with Crippen LogP contribution in [0.15, 0.2) is 0 Å². The van der Waals surface area contributed by atoms with E-state index in [1.165, 1.54) is 4.90 Å². The first-order chi connectivity index (χ1) is 5.86. The Morgan fingerprint density at radius 2 is 1.92 bits per heavy atom. The van der Waals surface area contributed by atoms with Crippen LogP contribution in [0.1, 0.15) is 20.8 Å². The third-order valence-electron chi connectivity index (χ3n) is 1.76. The number of amidine groups is 1. The summed E-state index contributed by atoms with van der Waals surface area (Å²) in [5, 5.41) is 9.88. The summed E-state index contributed by atoms with van der Waals surface area (Å²) in [6, 6.07) is -0.481. The number of amides is 2. The van der Waals surface area contributed by atoms with Crippen molar-refractivity contribution >= 4 is 11.9 Å². The van der Waals surface area contributed by atoms with E-state index in [1.54, 1.807) is 14.0 Å². The van der Waals surface area contributed by atoms with E-state index in [-0.39, 0.29) is 24.0 Å². The maximum Gasteiger partial charge on any atom is 0.317 e. The first-order valence-corrected chi connectivity index (χ1v) is 4.23. The number of likely N-dealkylation sites (N-methyl/N-ethyl adjacent to an activating group) is 1. The van der Waals surface area contributed by atoms with E-state index >= 15 is 0 Å². The molecule has 0 heterocycles. The molecule has 0 saturated heterocycles. The van der Waals surface area contributed by atoms with E-state index in [9.17, 15) is 4.79 Å². The van der Waals surface area contributed by atoms with Crippen molar-refractivity contribution in [3.8, 4) is 0 Å². The van der Waals surface area contributed by atoms with Gasteiger partial charge in [0.2, 0.25) is 0 Å². The maximum absolute atomic E-state index is 11.4. The normalized spacial score (nSPS) is 12.4. The quantitative estimate of drug-likeness (QED) is 0.439. The van der Waals surface area contributed by atoms with E-state index in [2.05, 4.69) is 5.32 Å². The minimum Gasteiger partial charge on any atom is -0.386 e. The average Bonchev–Trinajstić information content (AvgIpc) is 2.00. The molecule has 76 valence electrons. The van der Waals surface area contributed by atoms with Crippen LogP contribution in [0.25, 0.3) is 0 Å². The van der Waals surface area contributed by atoms with Gasteiger partial charge in [-0.25, -0.2) is 4.79 Å². The van der Waals surface area contributed by atoms with Gasteiger partial charge in [0.1, 0.15) is 5.84 Å². The fourth-order valence-corrected chi connectivity index (χ4v) is 0.733. The SMILES string of the molecule is CC(C)NC(=O)N(C)C(C)C(=N)N. The second kappa shape index (κ2) is 4.69. The van der Waals surface area contributed by atoms with Crippen LogP contribution < -0.4 is 11.1 Å². The highest BCUT2D eigenvalue weighted by Gasteiger charge is 2.17. The molecular formula is C8H18N4O. The molecule has 0 bridgehead atoms. The van der Waals surface area contributed by atoms with Gasteiger partial charge in [0.25, 0.3) is 0 Å². The van der Waals surface area contributed by atoms with Crippen LogP contribution in [0, 0.1) is 5.41 Å². The fraction of sp³-hybridized carbons (Fsp3) is 0.750. The first-order valence-electron chi connectivity index (χ1n) is 4.23. The monoisotopic (exact) mass is 186 g/mol. The molecule has 0 aromatic carbocycles. The van der Waals surface area contributed by atoms with Gasteiger partial charge < -0.3 is 16.0 Å². The molecule has 1 unspecified atom stereocenters. The highest BCUT2D eigenvalue weighted by Crippen LogP contribution is 1.95. The van der Waals surface area contributed by atoms with Gasteiger partial charge in [-0.2, -0.15) is 0 Å². The minimum absolute atomic E-state index is 0.0126. The standard InChI is InChI=1S/C8H18N4O/c1-5(2)11-8(13)12(4)6(3)7(9)10/h5-6H,1-4H3,(H3,9,10)(H,11,13). The summed E-state index contributed by atoms with van der Waals surface area (Å²) in [5.41, 5.74) is 5.27. The van der Waals surface area contributed by atoms with Crippen LogP contribution in [0.3, 0.4) is 0 Å². The molecule has 4 N–H and O–H groups in total. The number of carbonyl (C=O) groups excluding carboxylic acids is 1. The Bertz CT molecular complexity index is 202. The molecule has 13 heavy (non-hydrogen) atoms. The number of nitrogens with two attached hydrogens (primary N) is 1. The van der Waals surface area contributed by atoms with Gasteiger partial charge in [-0.3, -0.25) is 5.41 Å². The van der Waals surface area contributed by atoms with Crippen molar-refractivity contribution in [3.63, 3.8) is 0 Å². The smallest absolute Gasteiger partial charge is 0.317 e. The highest BCUT2D eigenvalue weighted by molar-refractivity contribution is 5.87. The summed E-state index contributed by atoms with van der Waals surface area (Å²) in [4.78, 5) is 12.8. The summed E-state index contributed by atoms with van der Waals surface area (Å²) in [5.74, 6) is -0.0126. The van der Waals surface area contributed by atoms with Crippen LogP contribution in [-0.2, 0) is 0 Å². The lowest BCUT2D eigenvalue weighted by Gasteiger charge is -2.25. The molecule has 0 aliphatic carbocycles. The third kappa shape index (κ3) is 3.78. The van der Waals surface area contributed by atoms with E-state index < -0.39 is 0 Å². The van der Waals surface area contributed by atoms with Gasteiger partial charge in [0, 0.05) is 13.1 Å². The van der Waals surface area contributed by atoms with Crippen LogP contribution in [0.4, 0.5) is 4.79 Å². The van der Waals surface area contributed by atoms with Gasteiger partial charge in [-0.1, -0.05) is 0 Å². The Hall–Kier alpha value is -1.26. The van der Waals surface area contributed by atoms with Crippen LogP contribution in [0.5, 0.6) is 0 Å². The summed E-state index contributed by atoms with van der Waals surface area (Å²) in [6.45, 7) is 5.47. The summed E-state index contributed by atoms with van der Waals surface area (Å²) < 4.78 is 0. The zero-order valence-electron chi connectivity index (χ0n) is 8.59. The third-order valence-corrected chi connectivity index (χ3v) is 1.76. The van der Waals surface area contributed by atoms with Crippen molar-refractivity contribution < 1.29 is 4.79 Å². The number of carbonyl (C=O) groups is 1. The van der Waals surface area contributed by atoms with Crippen LogP contribution >= 0.6 is 0 Å². The number of hydrogen-bond donors (Lipinski definition) is 3. The van der Waals surface area contributed by atoms with Gasteiger partial charge in [0.05, 0.1) is 6.04 Å². The van der Waals surface area contributed by atoms with Gasteiger partial charge in [-0.05, 0) is 20.8 Å². The summed E-state index contributed by atoms with van der Waals surface area (Å²) in [6.07, 6.45) is 0. The Balaban J connectivity index is 4.17. The number of nitrogens with zero attached hydrogens (tertiary/aromatic N) is 1. The maximum atomic E-state index is 11.4. The van der Waals surface area contributed by atoms with E-state index in [0.29, 0.717) is 0 Å². The molecule has 0 aromatic heterocycles. The van der Waals surface area contributed by atoms with Crippen molar-refractivity contribution in [2.24, 2.45) is 5.73 Å². The zero-order valence-corrected chi connectivity index (χ0v) is 8.59. The molecule has 0 spiro atoms. The minimum atomic E-state index is -0.362. The molecular weight excluding hydrogens is 168 g/mol. The predicted molar refractivity (Wildman–Crippen MR) is 52.8 cm³/mol. The van der Waals surface area contributed by atoms with E-state index in [0.717, 1.165) is 0 Å². The van der Waals surface area contributed by atoms with E-state index in [4.69, 9.17) is 11.1 Å². The Labute approximate surface area is 78.8 Å². The molecule has 2 amide bonds. The van der Waals surface area contributed by atoms with Crippen molar-refractivity contribution in [1.82, 2.24) is 10.2 Å². The van der Waals surface area contributed by atoms with Crippen LogP contribution in [0.2, 0.25) is 0 Å². The number of hydrogen-bond acceptors (Lipinski definition) is 2. The molecule has 5 heteroatoms. The lowest BCUT2D eigenvalue weighted by molar-refractivity contribution is 0.202. The molecule has 5 nitrogen and oxygen atoms in total. The fourth-order valence-electron chi connectivity index (χ4n) is 0.733. The summed E-state index contributed by atoms with van der Waals surface area (Å²) in [7, 11) is 1.61. The highest BCUT2D eigenvalue weighted by atomic mass is 16.2. The van der Waals surface area contributed by atoms with Crippen molar-refractivity contribution in [2.45, 2.75) is 32.9 Å². The first kappa shape index (κ1) is 11.7. The van der Waals surface area contributed by atoms with Gasteiger partial charge >= 0.3 is 6.03 Å². The second-order valence-corrected chi connectivity index (χ2v) is 3.35. The number of nitrogens with one attached hydrogen (secondary N) is 2. The lowest BCUT2D eigenvalue weighted by Crippen LogP contribution is -2.49. The van der Waals surface area contributed by atoms with Crippen molar-refractivity contribution in [2.75, 3.05) is 7.05 Å². The Kier molecular flexibility index (Phi) is 4.23. The topological polar surface area (TPSA) is 82.2 Å². The van der Waals surface area contributed by atoms with Crippen molar-refractivity contribution in [1.29, 1.82) is 5.41 Å². The van der Waals surface area contributed by atoms with Gasteiger partial charge in [-0.15, -0.1) is 0 Å². The van der Waals surface area contributed by atoms with Gasteiger partial charge in [0.15, 0.2) is 0 Å². The predicted octanol–water partition coefficient (Wildman–Crippen LogP) is 0.361. The van der Waals surface area contributed by atoms with Crippen molar-refractivity contribution in [3.05, 3.63) is 0 Å². The molecule has 0 aliphatic heterocycles.